The van der Waals surface area contributed by atoms with Crippen molar-refractivity contribution in [2.45, 2.75) is 56.7 Å². The SMILES string of the molecule is O=C(O[C@H]1C[N+]2(CC3CCCCC3)CCC1CC2)C(O)(c1cccs1)c1cccs1. The molecule has 3 aliphatic heterocycles. The summed E-state index contributed by atoms with van der Waals surface area (Å²) in [4.78, 5) is 14.7. The number of rotatable bonds is 6. The third-order valence-corrected chi connectivity index (χ3v) is 9.68. The summed E-state index contributed by atoms with van der Waals surface area (Å²) in [6, 6.07) is 7.42. The maximum absolute atomic E-state index is 13.4. The second kappa shape index (κ2) is 8.38. The second-order valence-corrected chi connectivity index (χ2v) is 11.5. The zero-order valence-electron chi connectivity index (χ0n) is 17.5. The van der Waals surface area contributed by atoms with E-state index in [1.807, 2.05) is 35.0 Å². The van der Waals surface area contributed by atoms with E-state index in [-0.39, 0.29) is 6.10 Å². The van der Waals surface area contributed by atoms with Gasteiger partial charge in [0, 0.05) is 24.7 Å². The van der Waals surface area contributed by atoms with Crippen molar-refractivity contribution in [3.05, 3.63) is 44.8 Å². The molecule has 4 fully saturated rings. The highest BCUT2D eigenvalue weighted by Crippen LogP contribution is 2.41. The number of quaternary nitrogens is 1. The summed E-state index contributed by atoms with van der Waals surface area (Å²) in [5.41, 5.74) is -1.69. The van der Waals surface area contributed by atoms with Crippen molar-refractivity contribution >= 4 is 28.6 Å². The summed E-state index contributed by atoms with van der Waals surface area (Å²) >= 11 is 2.82. The molecule has 6 rings (SSSR count). The Kier molecular flexibility index (Phi) is 5.78. The molecule has 2 bridgehead atoms. The Balaban J connectivity index is 1.34. The van der Waals surface area contributed by atoms with Crippen LogP contribution in [0.4, 0.5) is 0 Å². The lowest BCUT2D eigenvalue weighted by molar-refractivity contribution is -0.949. The topological polar surface area (TPSA) is 46.5 Å². The van der Waals surface area contributed by atoms with Crippen molar-refractivity contribution < 1.29 is 19.1 Å². The van der Waals surface area contributed by atoms with Crippen LogP contribution in [0.3, 0.4) is 0 Å². The van der Waals surface area contributed by atoms with Gasteiger partial charge in [0.1, 0.15) is 6.54 Å². The zero-order valence-corrected chi connectivity index (χ0v) is 19.1. The lowest BCUT2D eigenvalue weighted by Gasteiger charge is -2.53. The highest BCUT2D eigenvalue weighted by molar-refractivity contribution is 7.12. The van der Waals surface area contributed by atoms with Gasteiger partial charge in [0.2, 0.25) is 5.60 Å². The van der Waals surface area contributed by atoms with Crippen molar-refractivity contribution in [2.24, 2.45) is 11.8 Å². The van der Waals surface area contributed by atoms with Gasteiger partial charge in [-0.15, -0.1) is 22.7 Å². The summed E-state index contributed by atoms with van der Waals surface area (Å²) < 4.78 is 7.28. The van der Waals surface area contributed by atoms with E-state index in [2.05, 4.69) is 0 Å². The van der Waals surface area contributed by atoms with E-state index in [0.29, 0.717) is 15.7 Å². The normalized spacial score (nSPS) is 29.8. The largest absolute Gasteiger partial charge is 0.453 e. The summed E-state index contributed by atoms with van der Waals surface area (Å²) in [6.45, 7) is 4.64. The predicted molar refractivity (Wildman–Crippen MR) is 121 cm³/mol. The molecule has 2 aromatic rings. The zero-order chi connectivity index (χ0) is 20.6. The third kappa shape index (κ3) is 3.77. The maximum atomic E-state index is 13.4. The van der Waals surface area contributed by atoms with Crippen LogP contribution in [0.1, 0.15) is 54.7 Å². The number of nitrogens with zero attached hydrogens (tertiary/aromatic N) is 1. The molecule has 0 radical (unpaired) electrons. The Morgan fingerprint density at radius 3 is 2.23 bits per heavy atom. The Labute approximate surface area is 187 Å². The minimum Gasteiger partial charge on any atom is -0.453 e. The van der Waals surface area contributed by atoms with Crippen molar-refractivity contribution in [2.75, 3.05) is 26.2 Å². The highest BCUT2D eigenvalue weighted by Gasteiger charge is 2.51. The summed E-state index contributed by atoms with van der Waals surface area (Å²) in [6.07, 6.45) is 9.08. The van der Waals surface area contributed by atoms with Crippen LogP contribution < -0.4 is 0 Å². The van der Waals surface area contributed by atoms with E-state index in [9.17, 15) is 9.90 Å². The van der Waals surface area contributed by atoms with Crippen LogP contribution in [0.5, 0.6) is 0 Å². The number of aliphatic hydroxyl groups is 1. The van der Waals surface area contributed by atoms with E-state index in [1.165, 1.54) is 74.4 Å². The fourth-order valence-electron chi connectivity index (χ4n) is 6.04. The first-order valence-corrected chi connectivity index (χ1v) is 13.2. The number of carbonyl (C=O) groups excluding carboxylic acids is 1. The Hall–Kier alpha value is -1.21. The first kappa shape index (κ1) is 20.7. The molecule has 0 unspecified atom stereocenters. The van der Waals surface area contributed by atoms with Gasteiger partial charge < -0.3 is 14.3 Å². The number of piperidine rings is 3. The van der Waals surface area contributed by atoms with Crippen LogP contribution in [-0.4, -0.2) is 47.8 Å². The van der Waals surface area contributed by atoms with Crippen LogP contribution in [-0.2, 0) is 15.1 Å². The Morgan fingerprint density at radius 1 is 1.03 bits per heavy atom. The van der Waals surface area contributed by atoms with E-state index in [0.717, 1.165) is 29.8 Å². The van der Waals surface area contributed by atoms with E-state index in [1.54, 1.807) is 0 Å². The van der Waals surface area contributed by atoms with Crippen LogP contribution in [0.25, 0.3) is 0 Å². The van der Waals surface area contributed by atoms with Gasteiger partial charge in [-0.2, -0.15) is 0 Å². The van der Waals surface area contributed by atoms with Crippen molar-refractivity contribution in [1.29, 1.82) is 0 Å². The molecular weight excluding hydrogens is 414 g/mol. The lowest BCUT2D eigenvalue weighted by atomic mass is 9.80. The predicted octanol–water partition coefficient (Wildman–Crippen LogP) is 4.78. The van der Waals surface area contributed by atoms with Crippen LogP contribution in [0, 0.1) is 11.8 Å². The molecule has 1 saturated carbocycles. The van der Waals surface area contributed by atoms with E-state index < -0.39 is 11.6 Å². The minimum atomic E-state index is -1.69. The van der Waals surface area contributed by atoms with Gasteiger partial charge in [0.15, 0.2) is 6.10 Å². The standard InChI is InChI=1S/C24H32NO3S2/c26-23(24(27,21-8-4-14-29-21)22-9-5-15-30-22)28-20-17-25(12-10-19(20)11-13-25)16-18-6-2-1-3-7-18/h4-5,8-9,14-15,18-20,27H,1-3,6-7,10-13,16-17H2/q+1/t19?,20-,25?/m0/s1. The second-order valence-electron chi connectivity index (χ2n) is 9.60. The van der Waals surface area contributed by atoms with E-state index in [4.69, 9.17) is 4.74 Å². The first-order chi connectivity index (χ1) is 14.6. The summed E-state index contributed by atoms with van der Waals surface area (Å²) in [5.74, 6) is 0.775. The molecule has 3 saturated heterocycles. The average molecular weight is 447 g/mol. The van der Waals surface area contributed by atoms with Crippen molar-refractivity contribution in [3.63, 3.8) is 0 Å². The molecule has 6 heteroatoms. The number of hydrogen-bond donors (Lipinski definition) is 1. The molecule has 4 aliphatic rings. The molecule has 162 valence electrons. The molecule has 1 aliphatic carbocycles. The third-order valence-electron chi connectivity index (χ3n) is 7.72. The summed E-state index contributed by atoms with van der Waals surface area (Å²) in [5, 5.41) is 15.4. The van der Waals surface area contributed by atoms with Crippen LogP contribution in [0.2, 0.25) is 0 Å². The molecule has 30 heavy (non-hydrogen) atoms. The van der Waals surface area contributed by atoms with Gasteiger partial charge in [-0.05, 0) is 35.7 Å². The molecule has 0 amide bonds. The fraction of sp³-hybridized carbons (Fsp3) is 0.625. The number of thiophene rings is 2. The number of ether oxygens (including phenoxy) is 1. The first-order valence-electron chi connectivity index (χ1n) is 11.5. The number of esters is 1. The molecule has 5 heterocycles. The minimum absolute atomic E-state index is 0.0740. The average Bonchev–Trinajstić information content (AvgIpc) is 3.49. The molecule has 1 atom stereocenters. The number of carbonyl (C=O) groups is 1. The van der Waals surface area contributed by atoms with Gasteiger partial charge in [-0.3, -0.25) is 0 Å². The monoisotopic (exact) mass is 446 g/mol. The van der Waals surface area contributed by atoms with Crippen molar-refractivity contribution in [1.82, 2.24) is 0 Å². The fourth-order valence-corrected chi connectivity index (χ4v) is 7.76. The van der Waals surface area contributed by atoms with Crippen LogP contribution in [0.15, 0.2) is 35.0 Å². The smallest absolute Gasteiger partial charge is 0.349 e. The van der Waals surface area contributed by atoms with Crippen LogP contribution >= 0.6 is 22.7 Å². The van der Waals surface area contributed by atoms with Gasteiger partial charge in [0.25, 0.3) is 0 Å². The maximum Gasteiger partial charge on any atom is 0.349 e. The number of hydrogen-bond acceptors (Lipinski definition) is 5. The van der Waals surface area contributed by atoms with Gasteiger partial charge in [0.05, 0.1) is 29.4 Å². The van der Waals surface area contributed by atoms with Gasteiger partial charge in [-0.25, -0.2) is 4.79 Å². The highest BCUT2D eigenvalue weighted by atomic mass is 32.1. The Bertz CT molecular complexity index is 800. The quantitative estimate of drug-likeness (QED) is 0.513. The molecular formula is C24H32NO3S2+. The van der Waals surface area contributed by atoms with E-state index >= 15 is 0 Å². The lowest BCUT2D eigenvalue weighted by Crippen LogP contribution is -2.66. The van der Waals surface area contributed by atoms with Gasteiger partial charge >= 0.3 is 5.97 Å². The molecule has 2 aromatic heterocycles. The molecule has 0 aromatic carbocycles. The molecule has 0 spiro atoms. The Morgan fingerprint density at radius 2 is 1.67 bits per heavy atom. The molecule has 1 N–H and O–H groups in total. The molecule has 4 nitrogen and oxygen atoms in total. The van der Waals surface area contributed by atoms with Gasteiger partial charge in [-0.1, -0.05) is 31.4 Å². The summed E-state index contributed by atoms with van der Waals surface area (Å²) in [7, 11) is 0. The number of fused-ring (bicyclic) bond motifs is 3. The van der Waals surface area contributed by atoms with Crippen molar-refractivity contribution in [3.8, 4) is 0 Å².